The van der Waals surface area contributed by atoms with Gasteiger partial charge in [-0.05, 0) is 37.3 Å². The third-order valence-electron chi connectivity index (χ3n) is 3.58. The van der Waals surface area contributed by atoms with E-state index in [-0.39, 0.29) is 10.7 Å². The summed E-state index contributed by atoms with van der Waals surface area (Å²) in [5, 5.41) is 13.2. The molecule has 0 fully saturated rings. The maximum absolute atomic E-state index is 12.6. The number of halogens is 1. The molecule has 134 valence electrons. The van der Waals surface area contributed by atoms with E-state index in [4.69, 9.17) is 11.6 Å². The third kappa shape index (κ3) is 3.64. The summed E-state index contributed by atoms with van der Waals surface area (Å²) in [7, 11) is -4.45. The van der Waals surface area contributed by atoms with Crippen molar-refractivity contribution in [3.8, 4) is 0 Å². The van der Waals surface area contributed by atoms with Crippen molar-refractivity contribution in [3.05, 3.63) is 53.6 Å². The first-order valence-corrected chi connectivity index (χ1v) is 9.21. The minimum Gasteiger partial charge on any atom is -0.282 e. The molecule has 2 aromatic rings. The van der Waals surface area contributed by atoms with Crippen LogP contribution in [0.5, 0.6) is 0 Å². The first-order chi connectivity index (χ1) is 12.3. The average molecular weight is 393 g/mol. The molecule has 0 spiro atoms. The number of hydrogen-bond acceptors (Lipinski definition) is 6. The van der Waals surface area contributed by atoms with Crippen LogP contribution in [0.15, 0.2) is 68.8 Å². The molecule has 26 heavy (non-hydrogen) atoms. The van der Waals surface area contributed by atoms with Crippen molar-refractivity contribution in [2.45, 2.75) is 17.9 Å². The van der Waals surface area contributed by atoms with E-state index in [1.54, 1.807) is 31.2 Å². The highest BCUT2D eigenvalue weighted by Crippen LogP contribution is 2.32. The molecule has 2 aromatic carbocycles. The Hall–Kier alpha value is -2.62. The molecular formula is C16H13ClN4O4S. The lowest BCUT2D eigenvalue weighted by Gasteiger charge is -2.15. The van der Waals surface area contributed by atoms with E-state index in [1.807, 2.05) is 6.07 Å². The quantitative estimate of drug-likeness (QED) is 0.634. The van der Waals surface area contributed by atoms with Gasteiger partial charge in [0.25, 0.3) is 16.0 Å². The topological polar surface area (TPSA) is 112 Å². The minimum atomic E-state index is -4.45. The van der Waals surface area contributed by atoms with Gasteiger partial charge >= 0.3 is 0 Å². The third-order valence-corrected chi connectivity index (χ3v) is 4.75. The summed E-state index contributed by atoms with van der Waals surface area (Å²) in [4.78, 5) is 12.2. The van der Waals surface area contributed by atoms with Gasteiger partial charge in [-0.1, -0.05) is 29.8 Å². The van der Waals surface area contributed by atoms with E-state index in [0.29, 0.717) is 11.4 Å². The van der Waals surface area contributed by atoms with Crippen molar-refractivity contribution in [1.29, 1.82) is 0 Å². The SMILES string of the molecule is CC1=NN(c2cc(S(=O)(=O)O)ccc2Cl)C(=O)C1N=Nc1ccccc1. The Morgan fingerprint density at radius 2 is 1.88 bits per heavy atom. The highest BCUT2D eigenvalue weighted by atomic mass is 35.5. The molecule has 0 radical (unpaired) electrons. The molecule has 10 heteroatoms. The van der Waals surface area contributed by atoms with Gasteiger partial charge in [-0.15, -0.1) is 0 Å². The second kappa shape index (κ2) is 6.94. The van der Waals surface area contributed by atoms with E-state index in [2.05, 4.69) is 15.3 Å². The van der Waals surface area contributed by atoms with Gasteiger partial charge in [0.2, 0.25) is 0 Å². The van der Waals surface area contributed by atoms with Gasteiger partial charge in [-0.3, -0.25) is 9.35 Å². The molecule has 8 nitrogen and oxygen atoms in total. The summed E-state index contributed by atoms with van der Waals surface area (Å²) in [5.74, 6) is -0.531. The molecule has 1 unspecified atom stereocenters. The summed E-state index contributed by atoms with van der Waals surface area (Å²) in [6.07, 6.45) is 0. The number of anilines is 1. The largest absolute Gasteiger partial charge is 0.294 e. The first-order valence-electron chi connectivity index (χ1n) is 7.39. The summed E-state index contributed by atoms with van der Waals surface area (Å²) in [6.45, 7) is 1.60. The van der Waals surface area contributed by atoms with Crippen LogP contribution in [-0.2, 0) is 14.9 Å². The lowest BCUT2D eigenvalue weighted by Crippen LogP contribution is -2.30. The predicted molar refractivity (Wildman–Crippen MR) is 96.6 cm³/mol. The number of benzene rings is 2. The number of carbonyl (C=O) groups excluding carboxylic acids is 1. The standard InChI is InChI=1S/C16H13ClN4O4S/c1-10-15(19-18-11-5-3-2-4-6-11)16(22)21(20-10)14-9-12(26(23,24)25)7-8-13(14)17/h2-9,15H,1H3,(H,23,24,25). The van der Waals surface area contributed by atoms with Crippen LogP contribution in [0, 0.1) is 0 Å². The number of hydrazone groups is 1. The molecule has 1 aliphatic rings. The van der Waals surface area contributed by atoms with Gasteiger partial charge in [0.15, 0.2) is 6.04 Å². The zero-order valence-corrected chi connectivity index (χ0v) is 15.0. The van der Waals surface area contributed by atoms with Crippen LogP contribution < -0.4 is 5.01 Å². The Bertz CT molecular complexity index is 1020. The molecule has 0 aromatic heterocycles. The maximum atomic E-state index is 12.6. The zero-order valence-electron chi connectivity index (χ0n) is 13.4. The molecule has 1 heterocycles. The number of carbonyl (C=O) groups is 1. The van der Waals surface area contributed by atoms with Crippen LogP contribution in [-0.4, -0.2) is 30.6 Å². The highest BCUT2D eigenvalue weighted by Gasteiger charge is 2.36. The van der Waals surface area contributed by atoms with E-state index in [0.717, 1.165) is 17.1 Å². The lowest BCUT2D eigenvalue weighted by atomic mass is 10.2. The average Bonchev–Trinajstić information content (AvgIpc) is 2.87. The van der Waals surface area contributed by atoms with Gasteiger partial charge in [0.1, 0.15) is 0 Å². The molecule has 0 aliphatic carbocycles. The highest BCUT2D eigenvalue weighted by molar-refractivity contribution is 7.85. The van der Waals surface area contributed by atoms with E-state index < -0.39 is 27.0 Å². The fraction of sp³-hybridized carbons (Fsp3) is 0.125. The minimum absolute atomic E-state index is 0.0311. The van der Waals surface area contributed by atoms with Crippen LogP contribution in [0.3, 0.4) is 0 Å². The summed E-state index contributed by atoms with van der Waals surface area (Å²) in [5.41, 5.74) is 0.990. The Morgan fingerprint density at radius 1 is 1.19 bits per heavy atom. The van der Waals surface area contributed by atoms with Crippen molar-refractivity contribution < 1.29 is 17.8 Å². The molecule has 0 saturated heterocycles. The van der Waals surface area contributed by atoms with Crippen LogP contribution in [0.2, 0.25) is 5.02 Å². The number of amides is 1. The van der Waals surface area contributed by atoms with Crippen LogP contribution in [0.25, 0.3) is 0 Å². The zero-order chi connectivity index (χ0) is 18.9. The van der Waals surface area contributed by atoms with Gasteiger partial charge in [-0.2, -0.15) is 28.8 Å². The molecular weight excluding hydrogens is 380 g/mol. The maximum Gasteiger partial charge on any atom is 0.294 e. The van der Waals surface area contributed by atoms with Crippen LogP contribution in [0.1, 0.15) is 6.92 Å². The van der Waals surface area contributed by atoms with E-state index >= 15 is 0 Å². The van der Waals surface area contributed by atoms with Crippen molar-refractivity contribution in [3.63, 3.8) is 0 Å². The summed E-state index contributed by atoms with van der Waals surface area (Å²) in [6, 6.07) is 11.4. The monoisotopic (exact) mass is 392 g/mol. The van der Waals surface area contributed by atoms with Crippen molar-refractivity contribution >= 4 is 44.7 Å². The van der Waals surface area contributed by atoms with Crippen LogP contribution >= 0.6 is 11.6 Å². The molecule has 0 bridgehead atoms. The number of azo groups is 1. The molecule has 0 saturated carbocycles. The first kappa shape index (κ1) is 18.2. The Labute approximate surface area is 154 Å². The molecule has 1 aliphatic heterocycles. The number of rotatable bonds is 4. The van der Waals surface area contributed by atoms with Gasteiger partial charge in [0.05, 0.1) is 27.0 Å². The van der Waals surface area contributed by atoms with Crippen molar-refractivity contribution in [1.82, 2.24) is 0 Å². The van der Waals surface area contributed by atoms with Gasteiger partial charge < -0.3 is 0 Å². The number of nitrogens with zero attached hydrogens (tertiary/aromatic N) is 4. The van der Waals surface area contributed by atoms with E-state index in [1.165, 1.54) is 6.07 Å². The Kier molecular flexibility index (Phi) is 4.86. The fourth-order valence-corrected chi connectivity index (χ4v) is 2.99. The molecule has 1 atom stereocenters. The lowest BCUT2D eigenvalue weighted by molar-refractivity contribution is -0.117. The molecule has 3 rings (SSSR count). The Balaban J connectivity index is 1.92. The van der Waals surface area contributed by atoms with Crippen molar-refractivity contribution in [2.75, 3.05) is 5.01 Å². The molecule has 1 N–H and O–H groups in total. The van der Waals surface area contributed by atoms with Gasteiger partial charge in [0, 0.05) is 0 Å². The van der Waals surface area contributed by atoms with E-state index in [9.17, 15) is 17.8 Å². The number of hydrogen-bond donors (Lipinski definition) is 1. The van der Waals surface area contributed by atoms with Crippen molar-refractivity contribution in [2.24, 2.45) is 15.3 Å². The van der Waals surface area contributed by atoms with Gasteiger partial charge in [-0.25, -0.2) is 0 Å². The smallest absolute Gasteiger partial charge is 0.282 e. The molecule has 1 amide bonds. The second-order valence-electron chi connectivity index (χ2n) is 5.43. The second-order valence-corrected chi connectivity index (χ2v) is 7.26. The van der Waals surface area contributed by atoms with Crippen LogP contribution in [0.4, 0.5) is 11.4 Å². The summed E-state index contributed by atoms with van der Waals surface area (Å²) >= 11 is 6.07. The predicted octanol–water partition coefficient (Wildman–Crippen LogP) is 3.46. The normalized spacial score (nSPS) is 17.8. The fourth-order valence-electron chi connectivity index (χ4n) is 2.30. The Morgan fingerprint density at radius 3 is 2.54 bits per heavy atom. The summed E-state index contributed by atoms with van der Waals surface area (Å²) < 4.78 is 31.8.